The zero-order valence-corrected chi connectivity index (χ0v) is 15.8. The fourth-order valence-corrected chi connectivity index (χ4v) is 2.29. The zero-order chi connectivity index (χ0) is 19.5. The molecule has 0 aromatic heterocycles. The standard InChI is InChI=1S/C19H25N5O3/c1-4-6-7-8-11-27-16-10-9-15(12-17(16)26-5-2)13-20-23-18-14(3)22-24-19(25)21-18/h9-10,12-13H,3-8,11H2,1-2H3,(H,21,23,25)/b20-13+. The first-order valence-electron chi connectivity index (χ1n) is 9.06. The molecule has 1 heterocycles. The summed E-state index contributed by atoms with van der Waals surface area (Å²) in [5.74, 6) is 1.54. The number of benzene rings is 1. The van der Waals surface area contributed by atoms with Gasteiger partial charge in [0.2, 0.25) is 0 Å². The molecule has 144 valence electrons. The molecular formula is C19H25N5O3. The minimum absolute atomic E-state index is 0.170. The fourth-order valence-electron chi connectivity index (χ4n) is 2.29. The van der Waals surface area contributed by atoms with Crippen LogP contribution in [0.4, 0.5) is 4.79 Å². The van der Waals surface area contributed by atoms with Crippen molar-refractivity contribution in [3.05, 3.63) is 36.0 Å². The number of unbranched alkanes of at least 4 members (excludes halogenated alkanes) is 3. The number of urea groups is 1. The van der Waals surface area contributed by atoms with E-state index in [9.17, 15) is 4.79 Å². The average molecular weight is 371 g/mol. The van der Waals surface area contributed by atoms with Crippen LogP contribution in [0, 0.1) is 0 Å². The van der Waals surface area contributed by atoms with Crippen LogP contribution < -0.4 is 14.8 Å². The second-order valence-electron chi connectivity index (χ2n) is 5.82. The lowest BCUT2D eigenvalue weighted by atomic mass is 10.2. The van der Waals surface area contributed by atoms with Gasteiger partial charge in [-0.15, -0.1) is 10.2 Å². The topological polar surface area (TPSA) is 97.0 Å². The summed E-state index contributed by atoms with van der Waals surface area (Å²) in [5.41, 5.74) is 1.03. The molecule has 27 heavy (non-hydrogen) atoms. The van der Waals surface area contributed by atoms with Crippen LogP contribution in [0.3, 0.4) is 0 Å². The average Bonchev–Trinajstić information content (AvgIpc) is 2.66. The van der Waals surface area contributed by atoms with E-state index in [0.29, 0.717) is 24.7 Å². The maximum absolute atomic E-state index is 11.2. The smallest absolute Gasteiger partial charge is 0.365 e. The molecule has 0 fully saturated rings. The van der Waals surface area contributed by atoms with E-state index in [1.54, 1.807) is 6.21 Å². The number of carbonyl (C=O) groups is 1. The molecule has 1 N–H and O–H groups in total. The van der Waals surface area contributed by atoms with Gasteiger partial charge in [0.25, 0.3) is 0 Å². The number of nitrogens with one attached hydrogen (secondary N) is 1. The Morgan fingerprint density at radius 2 is 2.00 bits per heavy atom. The number of nitrogens with zero attached hydrogens (tertiary/aromatic N) is 4. The van der Waals surface area contributed by atoms with Crippen LogP contribution >= 0.6 is 0 Å². The Bertz CT molecular complexity index is 756. The maximum Gasteiger partial charge on any atom is 0.365 e. The van der Waals surface area contributed by atoms with Gasteiger partial charge in [0.05, 0.1) is 19.4 Å². The first-order chi connectivity index (χ1) is 13.1. The summed E-state index contributed by atoms with van der Waals surface area (Å²) in [6, 6.07) is 4.95. The number of amides is 2. The van der Waals surface area contributed by atoms with Crippen molar-refractivity contribution < 1.29 is 14.3 Å². The molecule has 0 radical (unpaired) electrons. The first kappa shape index (κ1) is 20.3. The SMILES string of the molecule is C=C1N=NC(=O)N/C1=N/N=C/c1ccc(OCCCCCC)c(OCC)c1. The van der Waals surface area contributed by atoms with Crippen molar-refractivity contribution in [3.63, 3.8) is 0 Å². The van der Waals surface area contributed by atoms with Crippen molar-refractivity contribution in [2.75, 3.05) is 13.2 Å². The van der Waals surface area contributed by atoms with Crippen LogP contribution in [0.1, 0.15) is 45.1 Å². The lowest BCUT2D eigenvalue weighted by Crippen LogP contribution is -2.31. The summed E-state index contributed by atoms with van der Waals surface area (Å²) in [7, 11) is 0. The van der Waals surface area contributed by atoms with Crippen molar-refractivity contribution in [1.29, 1.82) is 0 Å². The Balaban J connectivity index is 2.02. The zero-order valence-electron chi connectivity index (χ0n) is 15.8. The summed E-state index contributed by atoms with van der Waals surface area (Å²) in [6.07, 6.45) is 6.14. The highest BCUT2D eigenvalue weighted by Crippen LogP contribution is 2.28. The number of ether oxygens (including phenoxy) is 2. The summed E-state index contributed by atoms with van der Waals surface area (Å²) < 4.78 is 11.5. The van der Waals surface area contributed by atoms with Crippen LogP contribution in [-0.4, -0.2) is 31.3 Å². The minimum Gasteiger partial charge on any atom is -0.490 e. The molecule has 8 heteroatoms. The summed E-state index contributed by atoms with van der Waals surface area (Å²) in [4.78, 5) is 11.2. The van der Waals surface area contributed by atoms with Crippen molar-refractivity contribution in [1.82, 2.24) is 5.32 Å². The molecule has 1 aliphatic heterocycles. The highest BCUT2D eigenvalue weighted by atomic mass is 16.5. The molecule has 1 aromatic rings. The van der Waals surface area contributed by atoms with Crippen molar-refractivity contribution in [2.24, 2.45) is 20.4 Å². The van der Waals surface area contributed by atoms with Crippen molar-refractivity contribution in [2.45, 2.75) is 39.5 Å². The summed E-state index contributed by atoms with van der Waals surface area (Å²) >= 11 is 0. The van der Waals surface area contributed by atoms with E-state index < -0.39 is 6.03 Å². The largest absolute Gasteiger partial charge is 0.490 e. The van der Waals surface area contributed by atoms with E-state index in [-0.39, 0.29) is 11.5 Å². The lowest BCUT2D eigenvalue weighted by molar-refractivity contribution is 0.251. The maximum atomic E-state index is 11.2. The fraction of sp³-hybridized carbons (Fsp3) is 0.421. The number of azo groups is 1. The van der Waals surface area contributed by atoms with Gasteiger partial charge in [-0.1, -0.05) is 37.9 Å². The van der Waals surface area contributed by atoms with Gasteiger partial charge in [-0.05, 0) is 37.1 Å². The van der Waals surface area contributed by atoms with Crippen LogP contribution in [-0.2, 0) is 0 Å². The Labute approximate surface area is 159 Å². The molecule has 0 unspecified atom stereocenters. The highest BCUT2D eigenvalue weighted by molar-refractivity contribution is 6.08. The molecule has 2 rings (SSSR count). The molecule has 8 nitrogen and oxygen atoms in total. The van der Waals surface area contributed by atoms with Crippen LogP contribution in [0.2, 0.25) is 0 Å². The molecule has 0 saturated heterocycles. The molecule has 0 bridgehead atoms. The Morgan fingerprint density at radius 1 is 1.15 bits per heavy atom. The molecule has 0 spiro atoms. The van der Waals surface area contributed by atoms with Crippen molar-refractivity contribution in [3.8, 4) is 11.5 Å². The minimum atomic E-state index is -0.601. The van der Waals surface area contributed by atoms with E-state index in [1.165, 1.54) is 12.8 Å². The molecule has 0 saturated carbocycles. The Kier molecular flexibility index (Phi) is 8.15. The van der Waals surface area contributed by atoms with E-state index >= 15 is 0 Å². The van der Waals surface area contributed by atoms with E-state index in [2.05, 4.69) is 39.3 Å². The predicted octanol–water partition coefficient (Wildman–Crippen LogP) is 4.47. The number of amidine groups is 1. The molecule has 1 aromatic carbocycles. The van der Waals surface area contributed by atoms with E-state index in [1.807, 2.05) is 25.1 Å². The monoisotopic (exact) mass is 371 g/mol. The summed E-state index contributed by atoms with van der Waals surface area (Å²) in [5, 5.41) is 17.2. The van der Waals surface area contributed by atoms with Gasteiger partial charge in [0.1, 0.15) is 5.70 Å². The lowest BCUT2D eigenvalue weighted by Gasteiger charge is -2.12. The van der Waals surface area contributed by atoms with Gasteiger partial charge in [-0.2, -0.15) is 5.10 Å². The molecule has 0 atom stereocenters. The third-order valence-corrected chi connectivity index (χ3v) is 3.65. The third kappa shape index (κ3) is 6.65. The molecule has 1 aliphatic rings. The second-order valence-corrected chi connectivity index (χ2v) is 5.82. The summed E-state index contributed by atoms with van der Waals surface area (Å²) in [6.45, 7) is 8.94. The normalized spacial score (nSPS) is 15.4. The van der Waals surface area contributed by atoms with Gasteiger partial charge in [-0.3, -0.25) is 5.32 Å². The van der Waals surface area contributed by atoms with E-state index in [4.69, 9.17) is 9.47 Å². The van der Waals surface area contributed by atoms with Gasteiger partial charge in [0, 0.05) is 0 Å². The third-order valence-electron chi connectivity index (χ3n) is 3.65. The Morgan fingerprint density at radius 3 is 2.78 bits per heavy atom. The van der Waals surface area contributed by atoms with Crippen LogP contribution in [0.15, 0.2) is 50.9 Å². The van der Waals surface area contributed by atoms with E-state index in [0.717, 1.165) is 18.4 Å². The number of hydrogen-bond acceptors (Lipinski definition) is 6. The highest BCUT2D eigenvalue weighted by Gasteiger charge is 2.14. The quantitative estimate of drug-likeness (QED) is 0.373. The molecular weight excluding hydrogens is 346 g/mol. The molecule has 0 aliphatic carbocycles. The number of hydrogen-bond donors (Lipinski definition) is 1. The van der Waals surface area contributed by atoms with Gasteiger partial charge in [0.15, 0.2) is 17.3 Å². The number of carbonyl (C=O) groups excluding carboxylic acids is 1. The Hall–Kier alpha value is -3.03. The first-order valence-corrected chi connectivity index (χ1v) is 9.06. The second kappa shape index (κ2) is 10.8. The van der Waals surface area contributed by atoms with Crippen LogP contribution in [0.25, 0.3) is 0 Å². The van der Waals surface area contributed by atoms with Gasteiger partial charge < -0.3 is 9.47 Å². The number of rotatable bonds is 10. The van der Waals surface area contributed by atoms with Gasteiger partial charge >= 0.3 is 6.03 Å². The predicted molar refractivity (Wildman–Crippen MR) is 105 cm³/mol. The van der Waals surface area contributed by atoms with Crippen LogP contribution in [0.5, 0.6) is 11.5 Å². The molecule has 2 amide bonds. The van der Waals surface area contributed by atoms with Gasteiger partial charge in [-0.25, -0.2) is 4.79 Å². The van der Waals surface area contributed by atoms with Crippen molar-refractivity contribution >= 4 is 18.1 Å².